The van der Waals surface area contributed by atoms with Gasteiger partial charge in [-0.15, -0.1) is 0 Å². The minimum Gasteiger partial charge on any atom is -0.489 e. The first-order valence-corrected chi connectivity index (χ1v) is 9.25. The highest BCUT2D eigenvalue weighted by atomic mass is 16.5. The van der Waals surface area contributed by atoms with Gasteiger partial charge < -0.3 is 14.5 Å². The number of carbonyl (C=O) groups excluding carboxylic acids is 1. The minimum atomic E-state index is -0.399. The first-order valence-electron chi connectivity index (χ1n) is 9.25. The first-order chi connectivity index (χ1) is 14.2. The Kier molecular flexibility index (Phi) is 5.38. The van der Waals surface area contributed by atoms with Gasteiger partial charge in [0.1, 0.15) is 23.7 Å². The average Bonchev–Trinajstić information content (AvgIpc) is 3.20. The van der Waals surface area contributed by atoms with Crippen LogP contribution in [0.2, 0.25) is 0 Å². The van der Waals surface area contributed by atoms with Crippen LogP contribution in [0.25, 0.3) is 23.2 Å². The van der Waals surface area contributed by atoms with Gasteiger partial charge in [-0.2, -0.15) is 0 Å². The number of carbonyl (C=O) groups is 1. The van der Waals surface area contributed by atoms with Crippen molar-refractivity contribution in [1.82, 2.24) is 9.97 Å². The number of esters is 1. The molecule has 29 heavy (non-hydrogen) atoms. The molecule has 0 aliphatic heterocycles. The number of rotatable bonds is 6. The topological polar surface area (TPSA) is 64.2 Å². The molecule has 5 nitrogen and oxygen atoms in total. The lowest BCUT2D eigenvalue weighted by atomic mass is 10.2. The molecule has 5 heteroatoms. The molecule has 0 saturated heterocycles. The van der Waals surface area contributed by atoms with Crippen LogP contribution in [-0.2, 0) is 11.3 Å². The number of aromatic nitrogens is 2. The molecule has 4 aromatic rings. The molecule has 1 N–H and O–H groups in total. The minimum absolute atomic E-state index is 0.399. The van der Waals surface area contributed by atoms with Crippen molar-refractivity contribution in [2.24, 2.45) is 0 Å². The number of fused-ring (bicyclic) bond motifs is 1. The van der Waals surface area contributed by atoms with E-state index in [1.165, 1.54) is 7.11 Å². The molecule has 0 aliphatic rings. The molecule has 0 atom stereocenters. The predicted octanol–water partition coefficient (Wildman–Crippen LogP) is 5.10. The second-order valence-corrected chi connectivity index (χ2v) is 6.49. The summed E-state index contributed by atoms with van der Waals surface area (Å²) in [6.45, 7) is 0.539. The van der Waals surface area contributed by atoms with E-state index in [0.29, 0.717) is 23.5 Å². The van der Waals surface area contributed by atoms with E-state index < -0.39 is 5.97 Å². The Hall–Kier alpha value is -3.86. The molecule has 0 unspecified atom stereocenters. The van der Waals surface area contributed by atoms with Crippen LogP contribution in [0, 0.1) is 0 Å². The van der Waals surface area contributed by atoms with Crippen LogP contribution in [0.3, 0.4) is 0 Å². The molecule has 0 aliphatic carbocycles. The van der Waals surface area contributed by atoms with E-state index in [-0.39, 0.29) is 0 Å². The number of hydrogen-bond acceptors (Lipinski definition) is 4. The van der Waals surface area contributed by atoms with Crippen LogP contribution in [0.15, 0.2) is 72.8 Å². The van der Waals surface area contributed by atoms with E-state index in [1.807, 2.05) is 72.8 Å². The van der Waals surface area contributed by atoms with Crippen molar-refractivity contribution < 1.29 is 14.3 Å². The molecule has 4 rings (SSSR count). The van der Waals surface area contributed by atoms with E-state index in [1.54, 1.807) is 12.1 Å². The number of nitrogens with zero attached hydrogens (tertiary/aromatic N) is 1. The van der Waals surface area contributed by atoms with Crippen molar-refractivity contribution in [2.45, 2.75) is 6.61 Å². The maximum Gasteiger partial charge on any atom is 0.340 e. The van der Waals surface area contributed by atoms with Gasteiger partial charge >= 0.3 is 5.97 Å². The molecule has 1 heterocycles. The smallest absolute Gasteiger partial charge is 0.340 e. The van der Waals surface area contributed by atoms with Gasteiger partial charge in [0.25, 0.3) is 0 Å². The van der Waals surface area contributed by atoms with Crippen molar-refractivity contribution in [1.29, 1.82) is 0 Å². The number of H-pyrrole nitrogens is 1. The summed E-state index contributed by atoms with van der Waals surface area (Å²) in [5, 5.41) is 0. The fraction of sp³-hybridized carbons (Fsp3) is 0.0833. The summed E-state index contributed by atoms with van der Waals surface area (Å²) >= 11 is 0. The van der Waals surface area contributed by atoms with Crippen molar-refractivity contribution in [3.05, 3.63) is 95.3 Å². The van der Waals surface area contributed by atoms with Gasteiger partial charge in [0.2, 0.25) is 0 Å². The second-order valence-electron chi connectivity index (χ2n) is 6.49. The molecule has 0 spiro atoms. The lowest BCUT2D eigenvalue weighted by Gasteiger charge is -2.06. The van der Waals surface area contributed by atoms with Gasteiger partial charge in [-0.3, -0.25) is 0 Å². The zero-order valence-electron chi connectivity index (χ0n) is 16.0. The lowest BCUT2D eigenvalue weighted by molar-refractivity contribution is 0.0603. The summed E-state index contributed by atoms with van der Waals surface area (Å²) in [5.41, 5.74) is 3.99. The van der Waals surface area contributed by atoms with Crippen molar-refractivity contribution >= 4 is 29.2 Å². The molecule has 144 valence electrons. The SMILES string of the molecule is COC(=O)c1cccc2[nH]c(/C=C/c3ccc(OCc4ccccc4)cc3)nc12. The predicted molar refractivity (Wildman–Crippen MR) is 114 cm³/mol. The van der Waals surface area contributed by atoms with Gasteiger partial charge in [0.05, 0.1) is 18.2 Å². The summed E-state index contributed by atoms with van der Waals surface area (Å²) in [6, 6.07) is 23.3. The largest absolute Gasteiger partial charge is 0.489 e. The number of methoxy groups -OCH3 is 1. The Morgan fingerprint density at radius 2 is 1.76 bits per heavy atom. The van der Waals surface area contributed by atoms with Gasteiger partial charge in [-0.1, -0.05) is 54.6 Å². The fourth-order valence-electron chi connectivity index (χ4n) is 3.00. The third kappa shape index (κ3) is 4.35. The molecular formula is C24H20N2O3. The lowest BCUT2D eigenvalue weighted by Crippen LogP contribution is -2.01. The second kappa shape index (κ2) is 8.44. The van der Waals surface area contributed by atoms with E-state index in [9.17, 15) is 4.79 Å². The monoisotopic (exact) mass is 384 g/mol. The van der Waals surface area contributed by atoms with E-state index in [0.717, 1.165) is 22.4 Å². The van der Waals surface area contributed by atoms with E-state index in [4.69, 9.17) is 9.47 Å². The fourth-order valence-corrected chi connectivity index (χ4v) is 3.00. The number of nitrogens with one attached hydrogen (secondary N) is 1. The third-order valence-corrected chi connectivity index (χ3v) is 4.50. The number of benzene rings is 3. The Morgan fingerprint density at radius 3 is 2.52 bits per heavy atom. The van der Waals surface area contributed by atoms with Gasteiger partial charge in [-0.25, -0.2) is 9.78 Å². The van der Waals surface area contributed by atoms with Crippen molar-refractivity contribution in [2.75, 3.05) is 7.11 Å². The standard InChI is InChI=1S/C24H20N2O3/c1-28-24(27)20-8-5-9-21-23(20)26-22(25-21)15-12-17-10-13-19(14-11-17)29-16-18-6-3-2-4-7-18/h2-15H,16H2,1H3,(H,25,26)/b15-12+. The molecule has 0 radical (unpaired) electrons. The molecule has 3 aromatic carbocycles. The molecular weight excluding hydrogens is 364 g/mol. The normalized spacial score (nSPS) is 11.1. The summed E-state index contributed by atoms with van der Waals surface area (Å²) in [5.74, 6) is 1.09. The number of hydrogen-bond donors (Lipinski definition) is 1. The maximum absolute atomic E-state index is 11.9. The average molecular weight is 384 g/mol. The van der Waals surface area contributed by atoms with Crippen LogP contribution in [0.5, 0.6) is 5.75 Å². The summed E-state index contributed by atoms with van der Waals surface area (Å²) in [7, 11) is 1.36. The summed E-state index contributed by atoms with van der Waals surface area (Å²) in [6.07, 6.45) is 3.83. The van der Waals surface area contributed by atoms with Gasteiger partial charge in [0.15, 0.2) is 0 Å². The number of ether oxygens (including phenoxy) is 2. The number of aromatic amines is 1. The number of para-hydroxylation sites is 1. The highest BCUT2D eigenvalue weighted by molar-refractivity contribution is 6.02. The zero-order chi connectivity index (χ0) is 20.1. The highest BCUT2D eigenvalue weighted by Crippen LogP contribution is 2.19. The van der Waals surface area contributed by atoms with E-state index >= 15 is 0 Å². The molecule has 0 bridgehead atoms. The summed E-state index contributed by atoms with van der Waals surface area (Å²) < 4.78 is 10.6. The van der Waals surface area contributed by atoms with Gasteiger partial charge in [-0.05, 0) is 41.5 Å². The van der Waals surface area contributed by atoms with Crippen LogP contribution < -0.4 is 4.74 Å². The van der Waals surface area contributed by atoms with Crippen molar-refractivity contribution in [3.63, 3.8) is 0 Å². The Balaban J connectivity index is 1.45. The maximum atomic E-state index is 11.9. The quantitative estimate of drug-likeness (QED) is 0.470. The van der Waals surface area contributed by atoms with Crippen molar-refractivity contribution in [3.8, 4) is 5.75 Å². The van der Waals surface area contributed by atoms with Crippen LogP contribution in [0.4, 0.5) is 0 Å². The first kappa shape index (κ1) is 18.5. The summed E-state index contributed by atoms with van der Waals surface area (Å²) in [4.78, 5) is 19.6. The third-order valence-electron chi connectivity index (χ3n) is 4.50. The highest BCUT2D eigenvalue weighted by Gasteiger charge is 2.12. The molecule has 0 amide bonds. The molecule has 1 aromatic heterocycles. The Morgan fingerprint density at radius 1 is 0.966 bits per heavy atom. The van der Waals surface area contributed by atoms with Crippen LogP contribution in [0.1, 0.15) is 27.3 Å². The Bertz CT molecular complexity index is 1150. The van der Waals surface area contributed by atoms with Crippen LogP contribution >= 0.6 is 0 Å². The molecule has 0 saturated carbocycles. The Labute approximate surface area is 168 Å². The molecule has 0 fully saturated rings. The van der Waals surface area contributed by atoms with Gasteiger partial charge in [0, 0.05) is 0 Å². The zero-order valence-corrected chi connectivity index (χ0v) is 16.0. The van der Waals surface area contributed by atoms with Crippen LogP contribution in [-0.4, -0.2) is 23.0 Å². The van der Waals surface area contributed by atoms with E-state index in [2.05, 4.69) is 9.97 Å². The number of imidazole rings is 1.